The van der Waals surface area contributed by atoms with E-state index >= 15 is 0 Å². The number of carbonyl (C=O) groups excluding carboxylic acids is 1. The van der Waals surface area contributed by atoms with Crippen molar-refractivity contribution in [3.05, 3.63) is 60.2 Å². The molecule has 1 amide bonds. The lowest BCUT2D eigenvalue weighted by Crippen LogP contribution is -2.42. The fourth-order valence-corrected chi connectivity index (χ4v) is 2.94. The molecule has 1 fully saturated rings. The van der Waals surface area contributed by atoms with Crippen molar-refractivity contribution in [2.75, 3.05) is 0 Å². The van der Waals surface area contributed by atoms with Gasteiger partial charge in [0, 0.05) is 13.0 Å². The topological polar surface area (TPSA) is 75.6 Å². The van der Waals surface area contributed by atoms with E-state index in [1.54, 1.807) is 0 Å². The number of hydrogen-bond acceptors (Lipinski definition) is 3. The summed E-state index contributed by atoms with van der Waals surface area (Å²) in [6.07, 6.45) is 2.10. The Labute approximate surface area is 146 Å². The van der Waals surface area contributed by atoms with Crippen molar-refractivity contribution in [1.29, 1.82) is 0 Å². The maximum Gasteiger partial charge on any atom is 0.310 e. The Kier molecular flexibility index (Phi) is 5.03. The summed E-state index contributed by atoms with van der Waals surface area (Å²) < 4.78 is 5.72. The smallest absolute Gasteiger partial charge is 0.310 e. The van der Waals surface area contributed by atoms with Crippen molar-refractivity contribution >= 4 is 11.9 Å². The lowest BCUT2D eigenvalue weighted by molar-refractivity contribution is -0.157. The van der Waals surface area contributed by atoms with E-state index in [2.05, 4.69) is 5.32 Å². The monoisotopic (exact) mass is 339 g/mol. The molecular weight excluding hydrogens is 318 g/mol. The normalized spacial score (nSPS) is 15.0. The molecule has 25 heavy (non-hydrogen) atoms. The van der Waals surface area contributed by atoms with E-state index in [0.717, 1.165) is 23.5 Å². The molecule has 0 aliphatic heterocycles. The number of carboxylic acids is 1. The summed E-state index contributed by atoms with van der Waals surface area (Å²) in [4.78, 5) is 23.3. The molecule has 1 aliphatic rings. The number of carbonyl (C=O) groups is 2. The molecule has 5 heteroatoms. The van der Waals surface area contributed by atoms with E-state index in [9.17, 15) is 14.7 Å². The highest BCUT2D eigenvalue weighted by Gasteiger charge is 2.45. The van der Waals surface area contributed by atoms with Gasteiger partial charge in [-0.25, -0.2) is 0 Å². The molecule has 1 saturated carbocycles. The molecule has 0 bridgehead atoms. The highest BCUT2D eigenvalue weighted by atomic mass is 16.5. The zero-order valence-corrected chi connectivity index (χ0v) is 13.9. The van der Waals surface area contributed by atoms with Gasteiger partial charge in [-0.15, -0.1) is 0 Å². The summed E-state index contributed by atoms with van der Waals surface area (Å²) in [5.74, 6) is 0.409. The fraction of sp³-hybridized carbons (Fsp3) is 0.300. The second-order valence-corrected chi connectivity index (χ2v) is 6.45. The van der Waals surface area contributed by atoms with Crippen LogP contribution in [0.3, 0.4) is 0 Å². The molecule has 0 saturated heterocycles. The Balaban J connectivity index is 1.50. The number of para-hydroxylation sites is 1. The molecule has 0 atom stereocenters. The predicted octanol–water partition coefficient (Wildman–Crippen LogP) is 3.74. The Morgan fingerprint density at radius 3 is 2.20 bits per heavy atom. The number of ether oxygens (including phenoxy) is 1. The minimum atomic E-state index is -0.865. The van der Waals surface area contributed by atoms with Gasteiger partial charge in [-0.1, -0.05) is 36.8 Å². The minimum Gasteiger partial charge on any atom is -0.481 e. The molecule has 5 nitrogen and oxygen atoms in total. The zero-order chi connectivity index (χ0) is 17.7. The van der Waals surface area contributed by atoms with Gasteiger partial charge in [-0.3, -0.25) is 9.59 Å². The molecule has 0 unspecified atom stereocenters. The Bertz CT molecular complexity index is 736. The van der Waals surface area contributed by atoms with Crippen molar-refractivity contribution < 1.29 is 19.4 Å². The number of aliphatic carboxylic acids is 1. The molecular formula is C20H21NO4. The van der Waals surface area contributed by atoms with Crippen LogP contribution in [0.1, 0.15) is 31.2 Å². The van der Waals surface area contributed by atoms with Gasteiger partial charge in [0.15, 0.2) is 0 Å². The van der Waals surface area contributed by atoms with E-state index in [-0.39, 0.29) is 12.3 Å². The Hall–Kier alpha value is -2.82. The first-order valence-electron chi connectivity index (χ1n) is 8.39. The number of hydrogen-bond donors (Lipinski definition) is 2. The maximum atomic E-state index is 12.0. The van der Waals surface area contributed by atoms with Crippen molar-refractivity contribution in [1.82, 2.24) is 5.32 Å². The Morgan fingerprint density at radius 2 is 1.64 bits per heavy atom. The van der Waals surface area contributed by atoms with E-state index in [1.807, 2.05) is 54.6 Å². The van der Waals surface area contributed by atoms with Crippen LogP contribution in [0, 0.1) is 5.41 Å². The van der Waals surface area contributed by atoms with Crippen LogP contribution < -0.4 is 10.1 Å². The standard InChI is InChI=1S/C20H21NO4/c22-18(13-20(19(23)24)11-4-12-20)21-14-15-7-9-17(10-8-15)25-16-5-2-1-3-6-16/h1-3,5-10H,4,11-14H2,(H,21,22)(H,23,24). The number of benzene rings is 2. The van der Waals surface area contributed by atoms with Crippen LogP contribution >= 0.6 is 0 Å². The van der Waals surface area contributed by atoms with Crippen LogP contribution in [-0.4, -0.2) is 17.0 Å². The number of carboxylic acid groups (broad SMARTS) is 1. The third-order valence-electron chi connectivity index (χ3n) is 4.66. The highest BCUT2D eigenvalue weighted by Crippen LogP contribution is 2.44. The van der Waals surface area contributed by atoms with Crippen LogP contribution in [-0.2, 0) is 16.1 Å². The van der Waals surface area contributed by atoms with E-state index in [4.69, 9.17) is 4.74 Å². The second-order valence-electron chi connectivity index (χ2n) is 6.45. The zero-order valence-electron chi connectivity index (χ0n) is 13.9. The van der Waals surface area contributed by atoms with Crippen molar-refractivity contribution in [2.45, 2.75) is 32.2 Å². The molecule has 2 aromatic carbocycles. The summed E-state index contributed by atoms with van der Waals surface area (Å²) in [6.45, 7) is 0.375. The van der Waals surface area contributed by atoms with Crippen LogP contribution in [0.15, 0.2) is 54.6 Å². The molecule has 130 valence electrons. The Morgan fingerprint density at radius 1 is 1.00 bits per heavy atom. The maximum absolute atomic E-state index is 12.0. The number of rotatable bonds is 7. The van der Waals surface area contributed by atoms with Crippen LogP contribution in [0.5, 0.6) is 11.5 Å². The van der Waals surface area contributed by atoms with Crippen LogP contribution in [0.2, 0.25) is 0 Å². The largest absolute Gasteiger partial charge is 0.481 e. The van der Waals surface area contributed by atoms with Crippen molar-refractivity contribution in [2.24, 2.45) is 5.41 Å². The first kappa shape index (κ1) is 17.0. The van der Waals surface area contributed by atoms with Gasteiger partial charge in [0.2, 0.25) is 5.91 Å². The highest BCUT2D eigenvalue weighted by molar-refractivity contribution is 5.85. The van der Waals surface area contributed by atoms with Crippen molar-refractivity contribution in [3.63, 3.8) is 0 Å². The molecule has 0 heterocycles. The molecule has 3 rings (SSSR count). The van der Waals surface area contributed by atoms with Crippen molar-refractivity contribution in [3.8, 4) is 11.5 Å². The van der Waals surface area contributed by atoms with Crippen LogP contribution in [0.4, 0.5) is 0 Å². The summed E-state index contributed by atoms with van der Waals surface area (Å²) in [5, 5.41) is 12.1. The molecule has 2 N–H and O–H groups in total. The second kappa shape index (κ2) is 7.38. The third-order valence-corrected chi connectivity index (χ3v) is 4.66. The first-order chi connectivity index (χ1) is 12.1. The van der Waals surface area contributed by atoms with Gasteiger partial charge in [0.1, 0.15) is 11.5 Å². The summed E-state index contributed by atoms with van der Waals surface area (Å²) >= 11 is 0. The van der Waals surface area contributed by atoms with Crippen LogP contribution in [0.25, 0.3) is 0 Å². The quantitative estimate of drug-likeness (QED) is 0.806. The first-order valence-corrected chi connectivity index (χ1v) is 8.39. The molecule has 0 radical (unpaired) electrons. The van der Waals surface area contributed by atoms with Gasteiger partial charge in [0.25, 0.3) is 0 Å². The number of amides is 1. The van der Waals surface area contributed by atoms with E-state index in [1.165, 1.54) is 0 Å². The van der Waals surface area contributed by atoms with Gasteiger partial charge in [0.05, 0.1) is 5.41 Å². The van der Waals surface area contributed by atoms with Gasteiger partial charge >= 0.3 is 5.97 Å². The third kappa shape index (κ3) is 4.18. The molecule has 0 spiro atoms. The lowest BCUT2D eigenvalue weighted by Gasteiger charge is -2.36. The number of nitrogens with one attached hydrogen (secondary N) is 1. The fourth-order valence-electron chi connectivity index (χ4n) is 2.94. The predicted molar refractivity (Wildman–Crippen MR) is 93.3 cm³/mol. The molecule has 2 aromatic rings. The van der Waals surface area contributed by atoms with E-state index in [0.29, 0.717) is 19.4 Å². The lowest BCUT2D eigenvalue weighted by atomic mass is 9.66. The van der Waals surface area contributed by atoms with Gasteiger partial charge < -0.3 is 15.2 Å². The molecule has 0 aromatic heterocycles. The summed E-state index contributed by atoms with van der Waals surface area (Å²) in [5.41, 5.74) is 0.0871. The van der Waals surface area contributed by atoms with Gasteiger partial charge in [-0.2, -0.15) is 0 Å². The molecule has 1 aliphatic carbocycles. The summed E-state index contributed by atoms with van der Waals surface area (Å²) in [7, 11) is 0. The van der Waals surface area contributed by atoms with E-state index < -0.39 is 11.4 Å². The minimum absolute atomic E-state index is 0.0531. The van der Waals surface area contributed by atoms with Gasteiger partial charge in [-0.05, 0) is 42.7 Å². The SMILES string of the molecule is O=C(CC1(C(=O)O)CCC1)NCc1ccc(Oc2ccccc2)cc1. The summed E-state index contributed by atoms with van der Waals surface area (Å²) in [6, 6.07) is 17.0. The average molecular weight is 339 g/mol. The average Bonchev–Trinajstić information content (AvgIpc) is 2.58.